The van der Waals surface area contributed by atoms with E-state index in [4.69, 9.17) is 9.47 Å². The average Bonchev–Trinajstić information content (AvgIpc) is 2.88. The van der Waals surface area contributed by atoms with Gasteiger partial charge >= 0.3 is 0 Å². The molecule has 0 bridgehead atoms. The first-order valence-electron chi connectivity index (χ1n) is 7.63. The summed E-state index contributed by atoms with van der Waals surface area (Å²) in [7, 11) is 6.62. The molecule has 1 aromatic carbocycles. The molecule has 126 valence electrons. The van der Waals surface area contributed by atoms with Crippen LogP contribution < -0.4 is 4.74 Å². The summed E-state index contributed by atoms with van der Waals surface area (Å²) in [5.74, 6) is 0.198. The highest BCUT2D eigenvalue weighted by molar-refractivity contribution is 5.90. The fourth-order valence-corrected chi connectivity index (χ4v) is 3.09. The molecule has 6 heteroatoms. The first-order chi connectivity index (χ1) is 11.0. The van der Waals surface area contributed by atoms with Crippen LogP contribution in [0.5, 0.6) is 5.75 Å². The van der Waals surface area contributed by atoms with Gasteiger partial charge in [0.1, 0.15) is 5.75 Å². The average molecular weight is 320 g/mol. The molecule has 0 saturated carbocycles. The lowest BCUT2D eigenvalue weighted by Gasteiger charge is -2.30. The Morgan fingerprint density at radius 3 is 2.61 bits per heavy atom. The maximum atomic E-state index is 12.6. The molecule has 23 heavy (non-hydrogen) atoms. The fourth-order valence-electron chi connectivity index (χ4n) is 3.09. The molecule has 0 aromatic heterocycles. The number of para-hydroxylation sites is 1. The van der Waals surface area contributed by atoms with Crippen molar-refractivity contribution in [3.05, 3.63) is 29.8 Å². The second kappa shape index (κ2) is 7.46. The molecule has 0 N–H and O–H groups in total. The van der Waals surface area contributed by atoms with Crippen molar-refractivity contribution in [3.8, 4) is 5.75 Å². The van der Waals surface area contributed by atoms with Crippen LogP contribution in [-0.4, -0.2) is 63.1 Å². The number of likely N-dealkylation sites (tertiary alicyclic amines) is 1. The van der Waals surface area contributed by atoms with Crippen molar-refractivity contribution >= 4 is 11.8 Å². The standard InChI is InChI=1S/C17H24N2O4/c1-18(2)17(21)13-11-15(20)19(9-10-22-3)16(13)12-7-5-6-8-14(12)23-4/h5-8,13,16H,9-11H2,1-4H3/t13-,16+/m1/s1. The Balaban J connectivity index is 2.44. The van der Waals surface area contributed by atoms with Gasteiger partial charge in [0, 0.05) is 39.7 Å². The van der Waals surface area contributed by atoms with Gasteiger partial charge in [0.2, 0.25) is 11.8 Å². The van der Waals surface area contributed by atoms with Gasteiger partial charge < -0.3 is 19.3 Å². The second-order valence-corrected chi connectivity index (χ2v) is 5.81. The molecule has 0 spiro atoms. The zero-order chi connectivity index (χ0) is 17.0. The van der Waals surface area contributed by atoms with Gasteiger partial charge in [-0.2, -0.15) is 0 Å². The third-order valence-corrected chi connectivity index (χ3v) is 4.18. The molecule has 0 radical (unpaired) electrons. The van der Waals surface area contributed by atoms with Crippen LogP contribution in [0.2, 0.25) is 0 Å². The van der Waals surface area contributed by atoms with Gasteiger partial charge in [-0.05, 0) is 6.07 Å². The Morgan fingerprint density at radius 1 is 1.30 bits per heavy atom. The molecule has 1 heterocycles. The summed E-state index contributed by atoms with van der Waals surface area (Å²) in [5.41, 5.74) is 0.858. The third-order valence-electron chi connectivity index (χ3n) is 4.18. The first-order valence-corrected chi connectivity index (χ1v) is 7.63. The second-order valence-electron chi connectivity index (χ2n) is 5.81. The van der Waals surface area contributed by atoms with Gasteiger partial charge in [-0.25, -0.2) is 0 Å². The minimum atomic E-state index is -0.411. The highest BCUT2D eigenvalue weighted by Gasteiger charge is 2.45. The van der Waals surface area contributed by atoms with Crippen LogP contribution in [0.15, 0.2) is 24.3 Å². The highest BCUT2D eigenvalue weighted by atomic mass is 16.5. The maximum Gasteiger partial charge on any atom is 0.228 e. The van der Waals surface area contributed by atoms with Gasteiger partial charge in [-0.3, -0.25) is 9.59 Å². The zero-order valence-electron chi connectivity index (χ0n) is 14.1. The Kier molecular flexibility index (Phi) is 5.60. The summed E-state index contributed by atoms with van der Waals surface area (Å²) in [4.78, 5) is 28.3. The summed E-state index contributed by atoms with van der Waals surface area (Å²) >= 11 is 0. The molecule has 2 atom stereocenters. The van der Waals surface area contributed by atoms with Crippen LogP contribution in [0.4, 0.5) is 0 Å². The molecule has 2 amide bonds. The zero-order valence-corrected chi connectivity index (χ0v) is 14.1. The van der Waals surface area contributed by atoms with Crippen LogP contribution in [0, 0.1) is 5.92 Å². The van der Waals surface area contributed by atoms with E-state index in [1.165, 1.54) is 0 Å². The number of carbonyl (C=O) groups excluding carboxylic acids is 2. The van der Waals surface area contributed by atoms with Crippen LogP contribution in [0.25, 0.3) is 0 Å². The monoisotopic (exact) mass is 320 g/mol. The van der Waals surface area contributed by atoms with Crippen molar-refractivity contribution in [1.29, 1.82) is 0 Å². The minimum Gasteiger partial charge on any atom is -0.496 e. The number of nitrogens with zero attached hydrogens (tertiary/aromatic N) is 2. The highest BCUT2D eigenvalue weighted by Crippen LogP contribution is 2.42. The van der Waals surface area contributed by atoms with E-state index in [9.17, 15) is 9.59 Å². The fraction of sp³-hybridized carbons (Fsp3) is 0.529. The molecule has 0 unspecified atom stereocenters. The predicted octanol–water partition coefficient (Wildman–Crippen LogP) is 1.32. The van der Waals surface area contributed by atoms with E-state index in [0.29, 0.717) is 18.9 Å². The lowest BCUT2D eigenvalue weighted by atomic mass is 9.91. The van der Waals surface area contributed by atoms with Gasteiger partial charge in [-0.15, -0.1) is 0 Å². The van der Waals surface area contributed by atoms with E-state index < -0.39 is 5.92 Å². The number of rotatable bonds is 6. The molecule has 1 saturated heterocycles. The first kappa shape index (κ1) is 17.3. The molecular formula is C17H24N2O4. The van der Waals surface area contributed by atoms with E-state index in [2.05, 4.69) is 0 Å². The molecular weight excluding hydrogens is 296 g/mol. The number of methoxy groups -OCH3 is 2. The Morgan fingerprint density at radius 2 is 2.00 bits per heavy atom. The number of amides is 2. The van der Waals surface area contributed by atoms with Crippen LogP contribution in [0.3, 0.4) is 0 Å². The SMILES string of the molecule is COCCN1C(=O)C[C@@H](C(=O)N(C)C)[C@@H]1c1ccccc1OC. The Hall–Kier alpha value is -2.08. The summed E-state index contributed by atoms with van der Waals surface area (Å²) in [5, 5.41) is 0. The Bertz CT molecular complexity index is 573. The van der Waals surface area contributed by atoms with Gasteiger partial charge in [0.15, 0.2) is 0 Å². The third kappa shape index (κ3) is 3.47. The van der Waals surface area contributed by atoms with Crippen molar-refractivity contribution in [1.82, 2.24) is 9.80 Å². The predicted molar refractivity (Wildman–Crippen MR) is 86.1 cm³/mol. The largest absolute Gasteiger partial charge is 0.496 e. The quantitative estimate of drug-likeness (QED) is 0.793. The topological polar surface area (TPSA) is 59.1 Å². The number of benzene rings is 1. The van der Waals surface area contributed by atoms with Crippen LogP contribution in [0.1, 0.15) is 18.0 Å². The molecule has 1 aromatic rings. The van der Waals surface area contributed by atoms with Crippen molar-refractivity contribution < 1.29 is 19.1 Å². The minimum absolute atomic E-state index is 0.0295. The normalized spacial score (nSPS) is 20.7. The van der Waals surface area contributed by atoms with E-state index in [-0.39, 0.29) is 24.3 Å². The molecule has 1 aliphatic rings. The maximum absolute atomic E-state index is 12.6. The Labute approximate surface area is 137 Å². The van der Waals surface area contributed by atoms with Gasteiger partial charge in [-0.1, -0.05) is 18.2 Å². The van der Waals surface area contributed by atoms with Crippen molar-refractivity contribution in [3.63, 3.8) is 0 Å². The molecule has 0 aliphatic carbocycles. The van der Waals surface area contributed by atoms with Crippen molar-refractivity contribution in [2.24, 2.45) is 5.92 Å². The molecule has 1 aliphatic heterocycles. The van der Waals surface area contributed by atoms with Crippen LogP contribution >= 0.6 is 0 Å². The van der Waals surface area contributed by atoms with E-state index in [0.717, 1.165) is 5.56 Å². The number of ether oxygens (including phenoxy) is 2. The van der Waals surface area contributed by atoms with E-state index >= 15 is 0 Å². The summed E-state index contributed by atoms with van der Waals surface area (Å²) in [6.45, 7) is 0.884. The lowest BCUT2D eigenvalue weighted by molar-refractivity contribution is -0.134. The van der Waals surface area contributed by atoms with Gasteiger partial charge in [0.05, 0.1) is 25.7 Å². The van der Waals surface area contributed by atoms with Crippen LogP contribution in [-0.2, 0) is 14.3 Å². The van der Waals surface area contributed by atoms with Gasteiger partial charge in [0.25, 0.3) is 0 Å². The number of hydrogen-bond donors (Lipinski definition) is 0. The number of carbonyl (C=O) groups is 2. The smallest absolute Gasteiger partial charge is 0.228 e. The van der Waals surface area contributed by atoms with E-state index in [1.54, 1.807) is 38.1 Å². The van der Waals surface area contributed by atoms with Crippen molar-refractivity contribution in [2.45, 2.75) is 12.5 Å². The lowest BCUT2D eigenvalue weighted by Crippen LogP contribution is -2.36. The summed E-state index contributed by atoms with van der Waals surface area (Å²) in [6, 6.07) is 7.21. The van der Waals surface area contributed by atoms with Crippen molar-refractivity contribution in [2.75, 3.05) is 41.5 Å². The summed E-state index contributed by atoms with van der Waals surface area (Å²) < 4.78 is 10.6. The summed E-state index contributed by atoms with van der Waals surface area (Å²) in [6.07, 6.45) is 0.212. The molecule has 2 rings (SSSR count). The number of hydrogen-bond acceptors (Lipinski definition) is 4. The molecule has 6 nitrogen and oxygen atoms in total. The van der Waals surface area contributed by atoms with E-state index in [1.807, 2.05) is 24.3 Å². The molecule has 1 fully saturated rings.